The van der Waals surface area contributed by atoms with Crippen LogP contribution in [0.1, 0.15) is 23.6 Å². The van der Waals surface area contributed by atoms with Crippen LogP contribution in [0.5, 0.6) is 0 Å². The summed E-state index contributed by atoms with van der Waals surface area (Å²) in [7, 11) is 0. The van der Waals surface area contributed by atoms with Crippen molar-refractivity contribution in [3.63, 3.8) is 0 Å². The molecule has 6 nitrogen and oxygen atoms in total. The highest BCUT2D eigenvalue weighted by molar-refractivity contribution is 7.22. The van der Waals surface area contributed by atoms with Crippen LogP contribution in [0, 0.1) is 6.92 Å². The molecule has 3 heterocycles. The van der Waals surface area contributed by atoms with Gasteiger partial charge >= 0.3 is 0 Å². The van der Waals surface area contributed by atoms with Gasteiger partial charge in [0.1, 0.15) is 0 Å². The minimum absolute atomic E-state index is 0.229. The first-order valence-corrected chi connectivity index (χ1v) is 13.4. The van der Waals surface area contributed by atoms with Gasteiger partial charge in [0.25, 0.3) is 0 Å². The second-order valence-electron chi connectivity index (χ2n) is 9.55. The van der Waals surface area contributed by atoms with E-state index in [1.165, 1.54) is 15.8 Å². The summed E-state index contributed by atoms with van der Waals surface area (Å²) in [5.74, 6) is 0.786. The normalized spacial score (nSPS) is 12.1. The molecular formula is C31H28N6S. The quantitative estimate of drug-likeness (QED) is 0.223. The van der Waals surface area contributed by atoms with Crippen LogP contribution >= 0.6 is 11.3 Å². The van der Waals surface area contributed by atoms with Crippen LogP contribution in [0.15, 0.2) is 97.7 Å². The fourth-order valence-corrected chi connectivity index (χ4v) is 5.64. The number of benzene rings is 3. The topological polar surface area (TPSA) is 67.1 Å². The Kier molecular flexibility index (Phi) is 6.35. The predicted molar refractivity (Wildman–Crippen MR) is 158 cm³/mol. The van der Waals surface area contributed by atoms with E-state index in [1.54, 1.807) is 11.3 Å². The van der Waals surface area contributed by atoms with Crippen molar-refractivity contribution >= 4 is 43.7 Å². The van der Waals surface area contributed by atoms with Crippen molar-refractivity contribution in [1.29, 1.82) is 0 Å². The van der Waals surface area contributed by atoms with Crippen LogP contribution in [0.25, 0.3) is 32.9 Å². The lowest BCUT2D eigenvalue weighted by atomic mass is 10.1. The predicted octanol–water partition coefficient (Wildman–Crippen LogP) is 7.25. The second kappa shape index (κ2) is 10.1. The number of fused-ring (bicyclic) bond motifs is 2. The van der Waals surface area contributed by atoms with Crippen molar-refractivity contribution in [1.82, 2.24) is 24.9 Å². The lowest BCUT2D eigenvalue weighted by molar-refractivity contribution is 0.648. The summed E-state index contributed by atoms with van der Waals surface area (Å²) in [6.07, 6.45) is 2.90. The Hall–Kier alpha value is -4.49. The number of nitrogens with one attached hydrogen (secondary N) is 2. The summed E-state index contributed by atoms with van der Waals surface area (Å²) in [5.41, 5.74) is 8.05. The highest BCUT2D eigenvalue weighted by Crippen LogP contribution is 2.30. The molecule has 0 fully saturated rings. The number of aryl methyl sites for hydroxylation is 1. The van der Waals surface area contributed by atoms with Gasteiger partial charge in [0.2, 0.25) is 0 Å². The lowest BCUT2D eigenvalue weighted by Crippen LogP contribution is -2.26. The van der Waals surface area contributed by atoms with Crippen molar-refractivity contribution in [3.8, 4) is 11.4 Å². The van der Waals surface area contributed by atoms with Gasteiger partial charge in [0.15, 0.2) is 16.6 Å². The number of aromatic nitrogens is 4. The molecule has 1 atom stereocenters. The zero-order valence-electron chi connectivity index (χ0n) is 21.3. The van der Waals surface area contributed by atoms with E-state index in [-0.39, 0.29) is 6.04 Å². The van der Waals surface area contributed by atoms with Gasteiger partial charge in [-0.3, -0.25) is 4.40 Å². The van der Waals surface area contributed by atoms with Crippen LogP contribution in [-0.4, -0.2) is 25.6 Å². The van der Waals surface area contributed by atoms with Crippen LogP contribution in [-0.2, 0) is 6.42 Å². The third-order valence-electron chi connectivity index (χ3n) is 6.50. The third-order valence-corrected chi connectivity index (χ3v) is 7.44. The summed E-state index contributed by atoms with van der Waals surface area (Å²) >= 11 is 1.66. The molecule has 0 aliphatic carbocycles. The molecule has 0 radical (unpaired) electrons. The van der Waals surface area contributed by atoms with Gasteiger partial charge in [0, 0.05) is 34.8 Å². The fraction of sp³-hybridized carbons (Fsp3) is 0.129. The largest absolute Gasteiger partial charge is 0.382 e. The molecule has 0 saturated carbocycles. The van der Waals surface area contributed by atoms with Crippen molar-refractivity contribution in [2.45, 2.75) is 26.3 Å². The number of pyridine rings is 1. The Morgan fingerprint density at radius 1 is 0.974 bits per heavy atom. The van der Waals surface area contributed by atoms with Crippen molar-refractivity contribution in [2.75, 3.05) is 5.32 Å². The van der Waals surface area contributed by atoms with Gasteiger partial charge < -0.3 is 10.6 Å². The van der Waals surface area contributed by atoms with Crippen LogP contribution < -0.4 is 10.6 Å². The van der Waals surface area contributed by atoms with Crippen LogP contribution in [0.2, 0.25) is 0 Å². The first-order chi connectivity index (χ1) is 18.5. The monoisotopic (exact) mass is 516 g/mol. The molecule has 6 aromatic rings. The fourth-order valence-electron chi connectivity index (χ4n) is 4.65. The minimum atomic E-state index is 0.229. The average molecular weight is 517 g/mol. The Morgan fingerprint density at radius 2 is 1.79 bits per heavy atom. The molecule has 1 unspecified atom stereocenters. The molecular weight excluding hydrogens is 488 g/mol. The minimum Gasteiger partial charge on any atom is -0.382 e. The molecule has 0 spiro atoms. The summed E-state index contributed by atoms with van der Waals surface area (Å²) in [4.78, 5) is 4.70. The van der Waals surface area contributed by atoms with Gasteiger partial charge in [-0.15, -0.1) is 10.2 Å². The van der Waals surface area contributed by atoms with E-state index in [9.17, 15) is 0 Å². The molecule has 3 aromatic carbocycles. The number of nitrogens with zero attached hydrogens (tertiary/aromatic N) is 4. The number of hydrogen-bond donors (Lipinski definition) is 2. The highest BCUT2D eigenvalue weighted by atomic mass is 32.1. The molecule has 38 heavy (non-hydrogen) atoms. The van der Waals surface area contributed by atoms with Crippen LogP contribution in [0.3, 0.4) is 0 Å². The molecule has 0 aliphatic rings. The molecule has 188 valence electrons. The third kappa shape index (κ3) is 4.88. The molecule has 6 rings (SSSR count). The zero-order valence-corrected chi connectivity index (χ0v) is 22.2. The Morgan fingerprint density at radius 3 is 2.61 bits per heavy atom. The summed E-state index contributed by atoms with van der Waals surface area (Å²) in [6.45, 7) is 8.57. The first kappa shape index (κ1) is 23.9. The molecule has 7 heteroatoms. The molecule has 0 saturated heterocycles. The summed E-state index contributed by atoms with van der Waals surface area (Å²) < 4.78 is 3.20. The van der Waals surface area contributed by atoms with E-state index in [4.69, 9.17) is 4.98 Å². The number of rotatable bonds is 8. The Labute approximate surface area is 225 Å². The number of hydrogen-bond acceptors (Lipinski definition) is 6. The standard InChI is InChI=1S/C31H28N6S/c1-20-11-16-27-28(18-20)38-31(34-27)33-25-14-12-24(13-15-25)29-35-36-30-26(10-7-17-37(29)30)22(3)32-21(2)19-23-8-5-4-6-9-23/h4-18,21,32H,3,19H2,1-2H3,(H,33,34). The van der Waals surface area contributed by atoms with E-state index >= 15 is 0 Å². The van der Waals surface area contributed by atoms with Gasteiger partial charge in [-0.05, 0) is 79.9 Å². The molecule has 0 amide bonds. The second-order valence-corrected chi connectivity index (χ2v) is 10.6. The number of anilines is 2. The van der Waals surface area contributed by atoms with Crippen molar-refractivity contribution in [2.24, 2.45) is 0 Å². The highest BCUT2D eigenvalue weighted by Gasteiger charge is 2.14. The van der Waals surface area contributed by atoms with Gasteiger partial charge in [0.05, 0.1) is 10.2 Å². The molecule has 2 N–H and O–H groups in total. The molecule has 3 aromatic heterocycles. The number of thiazole rings is 1. The average Bonchev–Trinajstić information content (AvgIpc) is 3.53. The molecule has 0 aliphatic heterocycles. The maximum absolute atomic E-state index is 4.70. The van der Waals surface area contributed by atoms with E-state index in [0.29, 0.717) is 0 Å². The van der Waals surface area contributed by atoms with E-state index in [2.05, 4.69) is 95.9 Å². The van der Waals surface area contributed by atoms with Gasteiger partial charge in [-0.1, -0.05) is 54.3 Å². The first-order valence-electron chi connectivity index (χ1n) is 12.6. The smallest absolute Gasteiger partial charge is 0.188 e. The molecule has 0 bridgehead atoms. The maximum atomic E-state index is 4.70. The zero-order chi connectivity index (χ0) is 26.1. The van der Waals surface area contributed by atoms with Gasteiger partial charge in [-0.25, -0.2) is 4.98 Å². The van der Waals surface area contributed by atoms with E-state index < -0.39 is 0 Å². The summed E-state index contributed by atoms with van der Waals surface area (Å²) in [5, 5.41) is 16.9. The van der Waals surface area contributed by atoms with Gasteiger partial charge in [-0.2, -0.15) is 0 Å². The van der Waals surface area contributed by atoms with Crippen LogP contribution in [0.4, 0.5) is 10.8 Å². The van der Waals surface area contributed by atoms with Crippen molar-refractivity contribution in [3.05, 3.63) is 114 Å². The Bertz CT molecular complexity index is 1730. The van der Waals surface area contributed by atoms with E-state index in [0.717, 1.165) is 51.1 Å². The lowest BCUT2D eigenvalue weighted by Gasteiger charge is -2.18. The van der Waals surface area contributed by atoms with E-state index in [1.807, 2.05) is 40.9 Å². The summed E-state index contributed by atoms with van der Waals surface area (Å²) in [6, 6.07) is 29.3. The van der Waals surface area contributed by atoms with Crippen molar-refractivity contribution < 1.29 is 0 Å². The maximum Gasteiger partial charge on any atom is 0.188 e. The Balaban J connectivity index is 1.19. The SMILES string of the molecule is C=C(NC(C)Cc1ccccc1)c1cccn2c(-c3ccc(Nc4nc5ccc(C)cc5s4)cc3)nnc12.